The number of esters is 1. The summed E-state index contributed by atoms with van der Waals surface area (Å²) in [7, 11) is 0. The number of anilines is 1. The maximum absolute atomic E-state index is 12.4. The third kappa shape index (κ3) is 5.75. The Morgan fingerprint density at radius 1 is 0.833 bits per heavy atom. The van der Waals surface area contributed by atoms with Gasteiger partial charge in [0.2, 0.25) is 5.91 Å². The van der Waals surface area contributed by atoms with Crippen molar-refractivity contribution >= 4 is 23.3 Å². The number of hydrogen-bond acceptors (Lipinski definition) is 5. The average molecular weight is 404 g/mol. The van der Waals surface area contributed by atoms with E-state index in [1.54, 1.807) is 0 Å². The first-order valence-corrected chi connectivity index (χ1v) is 9.36. The molecule has 0 atom stereocenters. The van der Waals surface area contributed by atoms with Crippen molar-refractivity contribution in [3.05, 3.63) is 106 Å². The quantitative estimate of drug-likeness (QED) is 0.335. The second-order valence-electron chi connectivity index (χ2n) is 6.54. The average Bonchev–Trinajstić information content (AvgIpc) is 2.77. The largest absolute Gasteiger partial charge is 0.453 e. The molecule has 7 heteroatoms. The molecular weight excluding hydrogens is 384 g/mol. The number of ether oxygens (including phenoxy) is 1. The highest BCUT2D eigenvalue weighted by Crippen LogP contribution is 2.26. The van der Waals surface area contributed by atoms with Gasteiger partial charge in [-0.2, -0.15) is 0 Å². The summed E-state index contributed by atoms with van der Waals surface area (Å²) in [5.74, 6) is -0.872. The Hall–Kier alpha value is -4.00. The van der Waals surface area contributed by atoms with Gasteiger partial charge in [0.05, 0.1) is 11.3 Å². The van der Waals surface area contributed by atoms with E-state index in [1.165, 1.54) is 24.3 Å². The standard InChI is InChI=1S/C23H20N2O5/c26-21(24-19-11-13-20(14-12-19)25(28)29)15-16-22(27)30-23(17-7-3-1-4-8-17)18-9-5-2-6-10-18/h1-14,23H,15-16H2,(H,24,26). The van der Waals surface area contributed by atoms with Crippen molar-refractivity contribution in [2.24, 2.45) is 0 Å². The molecule has 0 bridgehead atoms. The summed E-state index contributed by atoms with van der Waals surface area (Å²) in [6.07, 6.45) is -0.709. The molecule has 30 heavy (non-hydrogen) atoms. The molecule has 0 aliphatic heterocycles. The normalized spacial score (nSPS) is 10.4. The maximum Gasteiger partial charge on any atom is 0.307 e. The monoisotopic (exact) mass is 404 g/mol. The van der Waals surface area contributed by atoms with Crippen LogP contribution in [0.15, 0.2) is 84.9 Å². The minimum absolute atomic E-state index is 0.0634. The minimum Gasteiger partial charge on any atom is -0.453 e. The van der Waals surface area contributed by atoms with Crippen LogP contribution in [-0.4, -0.2) is 16.8 Å². The number of nitro groups is 1. The third-order valence-electron chi connectivity index (χ3n) is 4.37. The number of amides is 1. The van der Waals surface area contributed by atoms with E-state index in [-0.39, 0.29) is 24.4 Å². The molecule has 0 spiro atoms. The van der Waals surface area contributed by atoms with Crippen LogP contribution in [0.2, 0.25) is 0 Å². The fraction of sp³-hybridized carbons (Fsp3) is 0.130. The van der Waals surface area contributed by atoms with Crippen molar-refractivity contribution < 1.29 is 19.2 Å². The number of hydrogen-bond donors (Lipinski definition) is 1. The number of benzene rings is 3. The zero-order valence-corrected chi connectivity index (χ0v) is 16.1. The Labute approximate surface area is 173 Å². The highest BCUT2D eigenvalue weighted by Gasteiger charge is 2.19. The highest BCUT2D eigenvalue weighted by molar-refractivity contribution is 5.92. The molecule has 0 saturated heterocycles. The van der Waals surface area contributed by atoms with Gasteiger partial charge in [-0.05, 0) is 23.3 Å². The Morgan fingerprint density at radius 2 is 1.37 bits per heavy atom. The number of rotatable bonds is 8. The van der Waals surface area contributed by atoms with E-state index in [4.69, 9.17) is 4.74 Å². The molecule has 0 aliphatic rings. The van der Waals surface area contributed by atoms with Crippen LogP contribution in [0.3, 0.4) is 0 Å². The summed E-state index contributed by atoms with van der Waals surface area (Å²) in [5, 5.41) is 13.3. The predicted octanol–water partition coefficient (Wildman–Crippen LogP) is 4.65. The zero-order chi connectivity index (χ0) is 21.3. The number of non-ortho nitro benzene ring substituents is 1. The van der Waals surface area contributed by atoms with E-state index in [0.29, 0.717) is 5.69 Å². The molecule has 0 aliphatic carbocycles. The summed E-state index contributed by atoms with van der Waals surface area (Å²) >= 11 is 0. The molecule has 3 aromatic rings. The molecule has 0 aromatic heterocycles. The zero-order valence-electron chi connectivity index (χ0n) is 16.1. The lowest BCUT2D eigenvalue weighted by molar-refractivity contribution is -0.384. The number of carbonyl (C=O) groups excluding carboxylic acids is 2. The van der Waals surface area contributed by atoms with Crippen molar-refractivity contribution in [1.82, 2.24) is 0 Å². The topological polar surface area (TPSA) is 98.5 Å². The summed E-state index contributed by atoms with van der Waals surface area (Å²) < 4.78 is 5.67. The van der Waals surface area contributed by atoms with Gasteiger partial charge >= 0.3 is 5.97 Å². The maximum atomic E-state index is 12.4. The minimum atomic E-state index is -0.558. The summed E-state index contributed by atoms with van der Waals surface area (Å²) in [4.78, 5) is 34.7. The molecule has 0 unspecified atom stereocenters. The van der Waals surface area contributed by atoms with Gasteiger partial charge in [-0.15, -0.1) is 0 Å². The number of nitro benzene ring substituents is 1. The van der Waals surface area contributed by atoms with Gasteiger partial charge in [0.1, 0.15) is 0 Å². The van der Waals surface area contributed by atoms with Crippen molar-refractivity contribution in [3.8, 4) is 0 Å². The molecule has 0 radical (unpaired) electrons. The predicted molar refractivity (Wildman–Crippen MR) is 112 cm³/mol. The van der Waals surface area contributed by atoms with Crippen molar-refractivity contribution in [2.45, 2.75) is 18.9 Å². The van der Waals surface area contributed by atoms with E-state index < -0.39 is 17.0 Å². The molecule has 7 nitrogen and oxygen atoms in total. The smallest absolute Gasteiger partial charge is 0.307 e. The van der Waals surface area contributed by atoms with Crippen LogP contribution in [0.1, 0.15) is 30.1 Å². The molecule has 0 fully saturated rings. The molecule has 0 heterocycles. The van der Waals surface area contributed by atoms with Gasteiger partial charge in [0.25, 0.3) is 5.69 Å². The van der Waals surface area contributed by atoms with Gasteiger partial charge in [0.15, 0.2) is 6.10 Å². The molecule has 152 valence electrons. The van der Waals surface area contributed by atoms with E-state index in [1.807, 2.05) is 60.7 Å². The molecule has 1 amide bonds. The first kappa shape index (κ1) is 20.7. The first-order chi connectivity index (χ1) is 14.5. The molecule has 3 rings (SSSR count). The fourth-order valence-electron chi connectivity index (χ4n) is 2.88. The Bertz CT molecular complexity index is 965. The molecule has 1 N–H and O–H groups in total. The van der Waals surface area contributed by atoms with Gasteiger partial charge in [-0.25, -0.2) is 0 Å². The lowest BCUT2D eigenvalue weighted by Crippen LogP contribution is -2.17. The van der Waals surface area contributed by atoms with Crippen LogP contribution in [0, 0.1) is 10.1 Å². The Balaban J connectivity index is 1.57. The van der Waals surface area contributed by atoms with Crippen LogP contribution in [-0.2, 0) is 14.3 Å². The molecule has 3 aromatic carbocycles. The van der Waals surface area contributed by atoms with Crippen LogP contribution in [0.4, 0.5) is 11.4 Å². The summed E-state index contributed by atoms with van der Waals surface area (Å²) in [5.41, 5.74) is 2.04. The van der Waals surface area contributed by atoms with Crippen LogP contribution >= 0.6 is 0 Å². The Morgan fingerprint density at radius 3 is 1.87 bits per heavy atom. The number of carbonyl (C=O) groups is 2. The van der Waals surface area contributed by atoms with Crippen LogP contribution < -0.4 is 5.32 Å². The third-order valence-corrected chi connectivity index (χ3v) is 4.37. The van der Waals surface area contributed by atoms with Crippen LogP contribution in [0.25, 0.3) is 0 Å². The second-order valence-corrected chi connectivity index (χ2v) is 6.54. The van der Waals surface area contributed by atoms with Gasteiger partial charge in [-0.1, -0.05) is 60.7 Å². The summed E-state index contributed by atoms with van der Waals surface area (Å²) in [6.45, 7) is 0. The first-order valence-electron chi connectivity index (χ1n) is 9.36. The molecule has 0 saturated carbocycles. The SMILES string of the molecule is O=C(CCC(=O)OC(c1ccccc1)c1ccccc1)Nc1ccc([N+](=O)[O-])cc1. The van der Waals surface area contributed by atoms with Crippen molar-refractivity contribution in [2.75, 3.05) is 5.32 Å². The van der Waals surface area contributed by atoms with Crippen molar-refractivity contribution in [1.29, 1.82) is 0 Å². The summed E-state index contributed by atoms with van der Waals surface area (Å²) in [6, 6.07) is 24.3. The van der Waals surface area contributed by atoms with E-state index in [9.17, 15) is 19.7 Å². The highest BCUT2D eigenvalue weighted by atomic mass is 16.6. The van der Waals surface area contributed by atoms with Crippen LogP contribution in [0.5, 0.6) is 0 Å². The van der Waals surface area contributed by atoms with Gasteiger partial charge < -0.3 is 10.1 Å². The van der Waals surface area contributed by atoms with Crippen molar-refractivity contribution in [3.63, 3.8) is 0 Å². The lowest BCUT2D eigenvalue weighted by Gasteiger charge is -2.19. The van der Waals surface area contributed by atoms with Gasteiger partial charge in [-0.3, -0.25) is 19.7 Å². The number of nitrogens with one attached hydrogen (secondary N) is 1. The van der Waals surface area contributed by atoms with E-state index >= 15 is 0 Å². The second kappa shape index (κ2) is 9.97. The number of nitrogens with zero attached hydrogens (tertiary/aromatic N) is 1. The molecular formula is C23H20N2O5. The Kier molecular flexibility index (Phi) is 6.89. The fourth-order valence-corrected chi connectivity index (χ4v) is 2.88. The lowest BCUT2D eigenvalue weighted by atomic mass is 10.0. The van der Waals surface area contributed by atoms with Gasteiger partial charge in [0, 0.05) is 24.2 Å². The van der Waals surface area contributed by atoms with E-state index in [2.05, 4.69) is 5.32 Å². The van der Waals surface area contributed by atoms with E-state index in [0.717, 1.165) is 11.1 Å².